The van der Waals surface area contributed by atoms with E-state index in [0.717, 1.165) is 0 Å². The van der Waals surface area contributed by atoms with Crippen molar-refractivity contribution in [3.8, 4) is 0 Å². The van der Waals surface area contributed by atoms with Crippen LogP contribution in [0.4, 0.5) is 0 Å². The first-order chi connectivity index (χ1) is 9.93. The molecule has 0 bridgehead atoms. The molecule has 0 saturated heterocycles. The van der Waals surface area contributed by atoms with Crippen molar-refractivity contribution in [3.05, 3.63) is 0 Å². The average Bonchev–Trinajstić information content (AvgIpc) is 2.42. The molecule has 0 aromatic heterocycles. The minimum absolute atomic E-state index is 0.0262. The molecule has 0 unspecified atom stereocenters. The van der Waals surface area contributed by atoms with Gasteiger partial charge >= 0.3 is 11.9 Å². The molecular formula is C14H21NO6. The molecule has 0 aromatic rings. The Bertz CT molecular complexity index is 420. The maximum Gasteiger partial charge on any atom is 0.326 e. The Morgan fingerprint density at radius 2 is 2.10 bits per heavy atom. The highest BCUT2D eigenvalue weighted by molar-refractivity contribution is 5.87. The average molecular weight is 299 g/mol. The van der Waals surface area contributed by atoms with E-state index in [1.165, 1.54) is 0 Å². The molecule has 7 nitrogen and oxygen atoms in total. The van der Waals surface area contributed by atoms with Gasteiger partial charge in [-0.2, -0.15) is 0 Å². The van der Waals surface area contributed by atoms with Crippen molar-refractivity contribution < 1.29 is 29.0 Å². The van der Waals surface area contributed by atoms with E-state index in [1.807, 2.05) is 0 Å². The topological polar surface area (TPSA) is 110 Å². The van der Waals surface area contributed by atoms with Crippen LogP contribution in [-0.2, 0) is 23.9 Å². The van der Waals surface area contributed by atoms with Gasteiger partial charge in [-0.1, -0.05) is 0 Å². The largest absolute Gasteiger partial charge is 0.480 e. The summed E-state index contributed by atoms with van der Waals surface area (Å²) in [5.41, 5.74) is 0. The molecule has 0 spiro atoms. The van der Waals surface area contributed by atoms with E-state index < -0.39 is 23.9 Å². The first-order valence-electron chi connectivity index (χ1n) is 7.13. The zero-order valence-corrected chi connectivity index (χ0v) is 12.1. The van der Waals surface area contributed by atoms with E-state index in [-0.39, 0.29) is 37.6 Å². The summed E-state index contributed by atoms with van der Waals surface area (Å²) in [5, 5.41) is 11.6. The summed E-state index contributed by atoms with van der Waals surface area (Å²) in [6, 6.07) is -1.08. The lowest BCUT2D eigenvalue weighted by Crippen LogP contribution is -2.47. The second-order valence-corrected chi connectivity index (χ2v) is 5.08. The van der Waals surface area contributed by atoms with Crippen LogP contribution in [0.1, 0.15) is 45.4 Å². The van der Waals surface area contributed by atoms with E-state index in [0.29, 0.717) is 19.3 Å². The number of hydrogen-bond acceptors (Lipinski definition) is 5. The van der Waals surface area contributed by atoms with Gasteiger partial charge in [0.2, 0.25) is 5.91 Å². The van der Waals surface area contributed by atoms with Crippen LogP contribution < -0.4 is 5.32 Å². The summed E-state index contributed by atoms with van der Waals surface area (Å²) in [4.78, 5) is 45.5. The lowest BCUT2D eigenvalue weighted by Gasteiger charge is -2.27. The Kier molecular flexibility index (Phi) is 6.84. The number of aliphatic carboxylic acids is 1. The van der Waals surface area contributed by atoms with E-state index in [9.17, 15) is 24.3 Å². The lowest BCUT2D eigenvalue weighted by molar-refractivity contribution is -0.145. The number of ketones is 1. The normalized spacial score (nSPS) is 19.7. The molecule has 1 rings (SSSR count). The summed E-state index contributed by atoms with van der Waals surface area (Å²) in [6.45, 7) is 1.90. The van der Waals surface area contributed by atoms with Crippen molar-refractivity contribution in [1.29, 1.82) is 0 Å². The molecule has 118 valence electrons. The predicted octanol–water partition coefficient (Wildman–Crippen LogP) is 0.658. The van der Waals surface area contributed by atoms with Crippen molar-refractivity contribution >= 4 is 23.6 Å². The number of esters is 1. The highest BCUT2D eigenvalue weighted by Gasteiger charge is 2.33. The number of carboxylic acids is 1. The van der Waals surface area contributed by atoms with Crippen LogP contribution in [0.15, 0.2) is 0 Å². The zero-order valence-electron chi connectivity index (χ0n) is 12.1. The molecule has 2 N–H and O–H groups in total. The third kappa shape index (κ3) is 5.93. The molecule has 1 aliphatic carbocycles. The van der Waals surface area contributed by atoms with Crippen LogP contribution in [-0.4, -0.2) is 41.4 Å². The molecule has 0 heterocycles. The Morgan fingerprint density at radius 3 is 2.67 bits per heavy atom. The molecular weight excluding hydrogens is 278 g/mol. The molecule has 7 heteroatoms. The van der Waals surface area contributed by atoms with Gasteiger partial charge in [0.1, 0.15) is 11.8 Å². The standard InChI is InChI=1S/C14H21NO6/c1-2-21-12(18)7-6-11(17)15-13(14(19)20)9-4-3-5-10(16)8-9/h9,13H,2-8H2,1H3,(H,15,17)(H,19,20)/t9-,13-/m0/s1. The van der Waals surface area contributed by atoms with Crippen LogP contribution in [0.5, 0.6) is 0 Å². The van der Waals surface area contributed by atoms with Crippen LogP contribution in [0.3, 0.4) is 0 Å². The summed E-state index contributed by atoms with van der Waals surface area (Å²) in [6.07, 6.45) is 1.68. The second kappa shape index (κ2) is 8.39. The molecule has 1 saturated carbocycles. The smallest absolute Gasteiger partial charge is 0.326 e. The van der Waals surface area contributed by atoms with Gasteiger partial charge in [-0.3, -0.25) is 14.4 Å². The summed E-state index contributed by atoms with van der Waals surface area (Å²) in [7, 11) is 0. The number of hydrogen-bond donors (Lipinski definition) is 2. The second-order valence-electron chi connectivity index (χ2n) is 5.08. The van der Waals surface area contributed by atoms with Crippen LogP contribution in [0, 0.1) is 5.92 Å². The molecule has 1 aliphatic rings. The van der Waals surface area contributed by atoms with Crippen molar-refractivity contribution in [2.24, 2.45) is 5.92 Å². The fourth-order valence-electron chi connectivity index (χ4n) is 2.42. The number of carbonyl (C=O) groups is 4. The van der Waals surface area contributed by atoms with Gasteiger partial charge < -0.3 is 15.2 Å². The predicted molar refractivity (Wildman–Crippen MR) is 72.4 cm³/mol. The number of ether oxygens (including phenoxy) is 1. The summed E-state index contributed by atoms with van der Waals surface area (Å²) >= 11 is 0. The highest BCUT2D eigenvalue weighted by Crippen LogP contribution is 2.24. The molecule has 0 aromatic carbocycles. The third-order valence-corrected chi connectivity index (χ3v) is 3.44. The van der Waals surface area contributed by atoms with Gasteiger partial charge in [0.15, 0.2) is 0 Å². The number of amides is 1. The molecule has 0 aliphatic heterocycles. The van der Waals surface area contributed by atoms with Crippen LogP contribution >= 0.6 is 0 Å². The van der Waals surface area contributed by atoms with E-state index in [4.69, 9.17) is 4.74 Å². The molecule has 1 amide bonds. The minimum atomic E-state index is -1.15. The van der Waals surface area contributed by atoms with E-state index in [2.05, 4.69) is 5.32 Å². The number of carboxylic acid groups (broad SMARTS) is 1. The summed E-state index contributed by atoms with van der Waals surface area (Å²) < 4.78 is 4.70. The van der Waals surface area contributed by atoms with Gasteiger partial charge in [0.25, 0.3) is 0 Å². The van der Waals surface area contributed by atoms with Gasteiger partial charge in [0, 0.05) is 19.3 Å². The van der Waals surface area contributed by atoms with Crippen LogP contribution in [0.25, 0.3) is 0 Å². The van der Waals surface area contributed by atoms with Gasteiger partial charge in [0.05, 0.1) is 13.0 Å². The van der Waals surface area contributed by atoms with Crippen molar-refractivity contribution in [1.82, 2.24) is 5.32 Å². The van der Waals surface area contributed by atoms with Gasteiger partial charge in [-0.15, -0.1) is 0 Å². The first kappa shape index (κ1) is 17.1. The third-order valence-electron chi connectivity index (χ3n) is 3.44. The molecule has 1 fully saturated rings. The highest BCUT2D eigenvalue weighted by atomic mass is 16.5. The van der Waals surface area contributed by atoms with Crippen LogP contribution in [0.2, 0.25) is 0 Å². The van der Waals surface area contributed by atoms with E-state index >= 15 is 0 Å². The maximum atomic E-state index is 11.7. The lowest BCUT2D eigenvalue weighted by atomic mass is 9.83. The Balaban J connectivity index is 2.50. The quantitative estimate of drug-likeness (QED) is 0.668. The maximum absolute atomic E-state index is 11.7. The SMILES string of the molecule is CCOC(=O)CCC(=O)N[C@H](C(=O)O)[C@H]1CCCC(=O)C1. The Hall–Kier alpha value is -1.92. The molecule has 2 atom stereocenters. The summed E-state index contributed by atoms with van der Waals surface area (Å²) in [5.74, 6) is -2.52. The van der Waals surface area contributed by atoms with Gasteiger partial charge in [-0.25, -0.2) is 4.79 Å². The minimum Gasteiger partial charge on any atom is -0.480 e. The van der Waals surface area contributed by atoms with E-state index in [1.54, 1.807) is 6.92 Å². The fourth-order valence-corrected chi connectivity index (χ4v) is 2.42. The molecule has 21 heavy (non-hydrogen) atoms. The fraction of sp³-hybridized carbons (Fsp3) is 0.714. The monoisotopic (exact) mass is 299 g/mol. The molecule has 0 radical (unpaired) electrons. The number of rotatable bonds is 7. The number of nitrogens with one attached hydrogen (secondary N) is 1. The number of carbonyl (C=O) groups excluding carboxylic acids is 3. The Labute approximate surface area is 123 Å². The van der Waals surface area contributed by atoms with Crippen molar-refractivity contribution in [3.63, 3.8) is 0 Å². The zero-order chi connectivity index (χ0) is 15.8. The number of Topliss-reactive ketones (excluding diaryl/α,β-unsaturated/α-hetero) is 1. The van der Waals surface area contributed by atoms with Crippen molar-refractivity contribution in [2.75, 3.05) is 6.61 Å². The Morgan fingerprint density at radius 1 is 1.38 bits per heavy atom. The van der Waals surface area contributed by atoms with Crippen molar-refractivity contribution in [2.45, 2.75) is 51.5 Å². The first-order valence-corrected chi connectivity index (χ1v) is 7.13. The van der Waals surface area contributed by atoms with Gasteiger partial charge in [-0.05, 0) is 25.7 Å².